The highest BCUT2D eigenvalue weighted by atomic mass is 32.2. The average Bonchev–Trinajstić information content (AvgIpc) is 3.58. The molecular weight excluding hydrogens is 575 g/mol. The summed E-state index contributed by atoms with van der Waals surface area (Å²) in [4.78, 5) is 31.6. The molecule has 0 aliphatic rings. The van der Waals surface area contributed by atoms with E-state index in [2.05, 4.69) is 11.4 Å². The number of aromatic nitrogens is 1. The fourth-order valence-electron chi connectivity index (χ4n) is 4.31. The second kappa shape index (κ2) is 13.8. The van der Waals surface area contributed by atoms with E-state index in [1.807, 2.05) is 78.2 Å². The third kappa shape index (κ3) is 7.28. The number of carbonyl (C=O) groups is 2. The molecule has 0 saturated heterocycles. The number of methoxy groups -OCH3 is 1. The Morgan fingerprint density at radius 3 is 2.44 bits per heavy atom. The topological polar surface area (TPSA) is 92.1 Å². The highest BCUT2D eigenvalue weighted by Crippen LogP contribution is 2.36. The molecule has 2 aromatic heterocycles. The Morgan fingerprint density at radius 2 is 1.74 bits per heavy atom. The molecule has 5 rings (SSSR count). The van der Waals surface area contributed by atoms with Gasteiger partial charge < -0.3 is 10.1 Å². The molecule has 1 atom stereocenters. The van der Waals surface area contributed by atoms with Crippen LogP contribution in [0.25, 0.3) is 28.5 Å². The number of nitrogens with zero attached hydrogens (tertiary/aromatic N) is 2. The second-order valence-electron chi connectivity index (χ2n) is 9.48. The van der Waals surface area contributed by atoms with Crippen molar-refractivity contribution in [3.05, 3.63) is 125 Å². The lowest BCUT2D eigenvalue weighted by atomic mass is 9.99. The Balaban J connectivity index is 1.37. The fraction of sp³-hybridized carbons (Fsp3) is 0.0857. The normalized spacial score (nSPS) is 11.6. The molecule has 0 aliphatic heterocycles. The summed E-state index contributed by atoms with van der Waals surface area (Å²) < 4.78 is 5.41. The van der Waals surface area contributed by atoms with Crippen LogP contribution in [-0.4, -0.2) is 29.0 Å². The van der Waals surface area contributed by atoms with Crippen LogP contribution in [0.15, 0.2) is 114 Å². The molecule has 43 heavy (non-hydrogen) atoms. The van der Waals surface area contributed by atoms with Crippen molar-refractivity contribution in [1.82, 2.24) is 4.98 Å². The van der Waals surface area contributed by atoms with Gasteiger partial charge in [-0.2, -0.15) is 5.26 Å². The van der Waals surface area contributed by atoms with E-state index in [-0.39, 0.29) is 11.7 Å². The lowest BCUT2D eigenvalue weighted by Crippen LogP contribution is -2.22. The maximum Gasteiger partial charge on any atom is 0.237 e. The molecule has 0 bridgehead atoms. The zero-order chi connectivity index (χ0) is 30.2. The molecule has 212 valence electrons. The van der Waals surface area contributed by atoms with Crippen LogP contribution in [-0.2, 0) is 4.79 Å². The number of nitriles is 1. The highest BCUT2D eigenvalue weighted by Gasteiger charge is 2.22. The monoisotopic (exact) mass is 601 g/mol. The van der Waals surface area contributed by atoms with Gasteiger partial charge in [0, 0.05) is 27.3 Å². The maximum atomic E-state index is 13.2. The zero-order valence-corrected chi connectivity index (χ0v) is 25.1. The number of amides is 1. The number of benzene rings is 3. The lowest BCUT2D eigenvalue weighted by molar-refractivity contribution is -0.115. The van der Waals surface area contributed by atoms with Gasteiger partial charge in [0.15, 0.2) is 5.78 Å². The summed E-state index contributed by atoms with van der Waals surface area (Å²) in [5.74, 6) is 0.328. The Bertz CT molecular complexity index is 1810. The van der Waals surface area contributed by atoms with Gasteiger partial charge in [0.25, 0.3) is 0 Å². The number of allylic oxidation sites excluding steroid dienone is 1. The van der Waals surface area contributed by atoms with E-state index in [9.17, 15) is 14.9 Å². The second-order valence-corrected chi connectivity index (χ2v) is 11.8. The standard InChI is InChI=1S/C35H27N3O3S2/c1-23(34(40)37-27-15-13-25(14-16-27)33(39)18-17-29-12-7-19-42-29)43-35-31(22-36)30(24-8-4-3-5-9-24)21-32(38-35)26-10-6-11-28(20-26)41-2/h3-21,23H,1-2H3,(H,37,40)/b18-17+/t23-/m0/s1. The minimum absolute atomic E-state index is 0.115. The van der Waals surface area contributed by atoms with E-state index in [4.69, 9.17) is 9.72 Å². The Kier molecular flexibility index (Phi) is 9.47. The number of hydrogen-bond donors (Lipinski definition) is 1. The molecule has 1 N–H and O–H groups in total. The molecule has 3 aromatic carbocycles. The van der Waals surface area contributed by atoms with E-state index in [1.54, 1.807) is 61.8 Å². The smallest absolute Gasteiger partial charge is 0.237 e. The summed E-state index contributed by atoms with van der Waals surface area (Å²) in [7, 11) is 1.61. The third-order valence-corrected chi connectivity index (χ3v) is 8.51. The van der Waals surface area contributed by atoms with E-state index >= 15 is 0 Å². The fourth-order valence-corrected chi connectivity index (χ4v) is 5.86. The van der Waals surface area contributed by atoms with Crippen LogP contribution in [0.1, 0.15) is 27.7 Å². The summed E-state index contributed by atoms with van der Waals surface area (Å²) in [5, 5.41) is 15.0. The predicted octanol–water partition coefficient (Wildman–Crippen LogP) is 8.37. The quantitative estimate of drug-likeness (QED) is 0.0982. The van der Waals surface area contributed by atoms with E-state index < -0.39 is 5.25 Å². The summed E-state index contributed by atoms with van der Waals surface area (Å²) in [5.41, 5.74) is 4.61. The molecule has 0 saturated carbocycles. The minimum atomic E-state index is -0.571. The molecule has 6 nitrogen and oxygen atoms in total. The Hall–Kier alpha value is -4.97. The molecule has 1 amide bonds. The van der Waals surface area contributed by atoms with Crippen molar-refractivity contribution in [3.63, 3.8) is 0 Å². The number of hydrogen-bond acceptors (Lipinski definition) is 7. The first-order valence-corrected chi connectivity index (χ1v) is 15.2. The van der Waals surface area contributed by atoms with Crippen LogP contribution in [0.4, 0.5) is 5.69 Å². The predicted molar refractivity (Wildman–Crippen MR) is 174 cm³/mol. The van der Waals surface area contributed by atoms with Gasteiger partial charge >= 0.3 is 0 Å². The molecule has 0 aliphatic carbocycles. The molecule has 0 fully saturated rings. The van der Waals surface area contributed by atoms with Gasteiger partial charge in [-0.3, -0.25) is 9.59 Å². The van der Waals surface area contributed by atoms with Crippen LogP contribution < -0.4 is 10.1 Å². The number of nitrogens with one attached hydrogen (secondary N) is 1. The Labute approximate surface area is 258 Å². The summed E-state index contributed by atoms with van der Waals surface area (Å²) in [6, 6.07) is 32.1. The average molecular weight is 602 g/mol. The maximum absolute atomic E-state index is 13.2. The summed E-state index contributed by atoms with van der Waals surface area (Å²) in [6.45, 7) is 1.77. The highest BCUT2D eigenvalue weighted by molar-refractivity contribution is 8.00. The van der Waals surface area contributed by atoms with Gasteiger partial charge in [-0.1, -0.05) is 60.3 Å². The van der Waals surface area contributed by atoms with Gasteiger partial charge in [-0.05, 0) is 78.6 Å². The van der Waals surface area contributed by atoms with Gasteiger partial charge in [0.1, 0.15) is 16.8 Å². The molecule has 0 unspecified atom stereocenters. The Morgan fingerprint density at radius 1 is 0.977 bits per heavy atom. The number of carbonyl (C=O) groups excluding carboxylic acids is 2. The minimum Gasteiger partial charge on any atom is -0.497 e. The van der Waals surface area contributed by atoms with Crippen LogP contribution in [0.3, 0.4) is 0 Å². The number of thiophene rings is 1. The summed E-state index contributed by atoms with van der Waals surface area (Å²) in [6.07, 6.45) is 3.33. The van der Waals surface area contributed by atoms with Crippen molar-refractivity contribution in [2.75, 3.05) is 12.4 Å². The molecule has 0 radical (unpaired) electrons. The van der Waals surface area contributed by atoms with Crippen molar-refractivity contribution in [3.8, 4) is 34.2 Å². The molecule has 2 heterocycles. The number of thioether (sulfide) groups is 1. The van der Waals surface area contributed by atoms with Gasteiger partial charge in [0.2, 0.25) is 5.91 Å². The lowest BCUT2D eigenvalue weighted by Gasteiger charge is -2.16. The number of pyridine rings is 1. The van der Waals surface area contributed by atoms with Crippen molar-refractivity contribution in [2.24, 2.45) is 0 Å². The van der Waals surface area contributed by atoms with Gasteiger partial charge in [0.05, 0.1) is 23.6 Å². The SMILES string of the molecule is COc1cccc(-c2cc(-c3ccccc3)c(C#N)c(S[C@@H](C)C(=O)Nc3ccc(C(=O)/C=C/c4cccs4)cc3)n2)c1. The van der Waals surface area contributed by atoms with Gasteiger partial charge in [-0.15, -0.1) is 11.3 Å². The number of ketones is 1. The molecule has 0 spiro atoms. The van der Waals surface area contributed by atoms with Crippen LogP contribution in [0.5, 0.6) is 5.75 Å². The summed E-state index contributed by atoms with van der Waals surface area (Å²) >= 11 is 2.78. The zero-order valence-electron chi connectivity index (χ0n) is 23.5. The first-order valence-electron chi connectivity index (χ1n) is 13.4. The first kappa shape index (κ1) is 29.5. The first-order chi connectivity index (χ1) is 20.9. The number of rotatable bonds is 10. The van der Waals surface area contributed by atoms with Crippen molar-refractivity contribution in [1.29, 1.82) is 5.26 Å². The van der Waals surface area contributed by atoms with Crippen molar-refractivity contribution >= 4 is 46.6 Å². The molecule has 8 heteroatoms. The molecular formula is C35H27N3O3S2. The van der Waals surface area contributed by atoms with Crippen LogP contribution in [0, 0.1) is 11.3 Å². The van der Waals surface area contributed by atoms with Crippen molar-refractivity contribution < 1.29 is 14.3 Å². The largest absolute Gasteiger partial charge is 0.497 e. The number of ether oxygens (including phenoxy) is 1. The van der Waals surface area contributed by atoms with E-state index in [1.165, 1.54) is 11.8 Å². The van der Waals surface area contributed by atoms with Crippen LogP contribution in [0.2, 0.25) is 0 Å². The van der Waals surface area contributed by atoms with E-state index in [0.29, 0.717) is 33.3 Å². The van der Waals surface area contributed by atoms with Crippen LogP contribution >= 0.6 is 23.1 Å². The number of anilines is 1. The van der Waals surface area contributed by atoms with E-state index in [0.717, 1.165) is 21.6 Å². The third-order valence-electron chi connectivity index (χ3n) is 6.59. The van der Waals surface area contributed by atoms with Gasteiger partial charge in [-0.25, -0.2) is 4.98 Å². The molecule has 5 aromatic rings. The van der Waals surface area contributed by atoms with Crippen molar-refractivity contribution in [2.45, 2.75) is 17.2 Å².